The first-order chi connectivity index (χ1) is 9.56. The third-order valence-electron chi connectivity index (χ3n) is 3.22. The molecule has 21 heavy (non-hydrogen) atoms. The second-order valence-electron chi connectivity index (χ2n) is 4.97. The number of carbonyl (C=O) groups is 1. The largest absolute Gasteiger partial charge is 0.348 e. The maximum atomic E-state index is 12.1. The molecule has 0 saturated carbocycles. The lowest BCUT2D eigenvalue weighted by Gasteiger charge is -2.16. The zero-order valence-electron chi connectivity index (χ0n) is 12.2. The minimum atomic E-state index is -0.545. The van der Waals surface area contributed by atoms with Gasteiger partial charge in [-0.05, 0) is 18.9 Å². The van der Waals surface area contributed by atoms with Gasteiger partial charge in [-0.15, -0.1) is 12.4 Å². The average molecular weight is 309 g/mol. The summed E-state index contributed by atoms with van der Waals surface area (Å²) in [6, 6.07) is 9.13. The highest BCUT2D eigenvalue weighted by Crippen LogP contribution is 2.11. The molecule has 0 radical (unpaired) electrons. The lowest BCUT2D eigenvalue weighted by atomic mass is 10.1. The highest BCUT2D eigenvalue weighted by atomic mass is 35.5. The monoisotopic (exact) mass is 308 g/mol. The van der Waals surface area contributed by atoms with Crippen molar-refractivity contribution < 1.29 is 4.79 Å². The second-order valence-corrected chi connectivity index (χ2v) is 4.97. The van der Waals surface area contributed by atoms with Crippen molar-refractivity contribution in [3.63, 3.8) is 0 Å². The molecule has 0 spiro atoms. The smallest absolute Gasteiger partial charge is 0.237 e. The van der Waals surface area contributed by atoms with E-state index in [1.54, 1.807) is 10.9 Å². The van der Waals surface area contributed by atoms with Crippen LogP contribution in [0.4, 0.5) is 0 Å². The minimum Gasteiger partial charge on any atom is -0.348 e. The van der Waals surface area contributed by atoms with Gasteiger partial charge in [-0.2, -0.15) is 5.10 Å². The Hall–Kier alpha value is -1.85. The van der Waals surface area contributed by atoms with Crippen molar-refractivity contribution in [3.05, 3.63) is 53.9 Å². The Kier molecular flexibility index (Phi) is 6.39. The van der Waals surface area contributed by atoms with Gasteiger partial charge in [0.25, 0.3) is 0 Å². The average Bonchev–Trinajstić information content (AvgIpc) is 2.86. The van der Waals surface area contributed by atoms with E-state index in [1.165, 1.54) is 0 Å². The fourth-order valence-corrected chi connectivity index (χ4v) is 2.03. The number of halogens is 1. The molecule has 1 heterocycles. The van der Waals surface area contributed by atoms with Gasteiger partial charge in [0.2, 0.25) is 5.91 Å². The molecule has 114 valence electrons. The third kappa shape index (κ3) is 4.88. The molecular formula is C15H21ClN4O. The van der Waals surface area contributed by atoms with Crippen molar-refractivity contribution in [2.45, 2.75) is 25.4 Å². The number of nitrogens with one attached hydrogen (secondary N) is 1. The number of benzene rings is 1. The summed E-state index contributed by atoms with van der Waals surface area (Å²) in [4.78, 5) is 12.1. The van der Waals surface area contributed by atoms with Crippen LogP contribution >= 0.6 is 12.4 Å². The van der Waals surface area contributed by atoms with E-state index >= 15 is 0 Å². The zero-order valence-corrected chi connectivity index (χ0v) is 13.0. The van der Waals surface area contributed by atoms with Crippen LogP contribution in [0.2, 0.25) is 0 Å². The molecule has 0 bridgehead atoms. The van der Waals surface area contributed by atoms with Crippen LogP contribution in [-0.4, -0.2) is 21.7 Å². The summed E-state index contributed by atoms with van der Waals surface area (Å²) in [6.07, 6.45) is 4.16. The van der Waals surface area contributed by atoms with Gasteiger partial charge in [-0.3, -0.25) is 9.48 Å². The molecule has 1 amide bonds. The van der Waals surface area contributed by atoms with Crippen LogP contribution in [0.3, 0.4) is 0 Å². The van der Waals surface area contributed by atoms with Crippen LogP contribution in [0.15, 0.2) is 42.7 Å². The van der Waals surface area contributed by atoms with Gasteiger partial charge in [0.1, 0.15) is 0 Å². The molecule has 2 atom stereocenters. The summed E-state index contributed by atoms with van der Waals surface area (Å²) < 4.78 is 1.71. The zero-order chi connectivity index (χ0) is 14.5. The van der Waals surface area contributed by atoms with Gasteiger partial charge in [-0.25, -0.2) is 0 Å². The van der Waals surface area contributed by atoms with Crippen molar-refractivity contribution in [1.29, 1.82) is 0 Å². The molecule has 2 rings (SSSR count). The van der Waals surface area contributed by atoms with E-state index in [9.17, 15) is 4.79 Å². The summed E-state index contributed by atoms with van der Waals surface area (Å²) >= 11 is 0. The minimum absolute atomic E-state index is 0. The lowest BCUT2D eigenvalue weighted by molar-refractivity contribution is -0.123. The van der Waals surface area contributed by atoms with Crippen LogP contribution in [0.5, 0.6) is 0 Å². The number of aryl methyl sites for hydroxylation is 1. The maximum absolute atomic E-state index is 12.1. The van der Waals surface area contributed by atoms with Gasteiger partial charge in [0.15, 0.2) is 0 Å². The number of nitrogens with zero attached hydrogens (tertiary/aromatic N) is 2. The number of nitrogens with two attached hydrogens (primary N) is 1. The van der Waals surface area contributed by atoms with Crippen LogP contribution in [0.1, 0.15) is 24.1 Å². The predicted molar refractivity (Wildman–Crippen MR) is 85.1 cm³/mol. The number of rotatable bonds is 5. The number of hydrogen-bond acceptors (Lipinski definition) is 3. The van der Waals surface area contributed by atoms with E-state index in [4.69, 9.17) is 5.73 Å². The fourth-order valence-electron chi connectivity index (χ4n) is 2.03. The van der Waals surface area contributed by atoms with E-state index in [0.717, 1.165) is 11.1 Å². The molecule has 1 unspecified atom stereocenters. The van der Waals surface area contributed by atoms with Gasteiger partial charge < -0.3 is 11.1 Å². The summed E-state index contributed by atoms with van der Waals surface area (Å²) in [5, 5.41) is 7.00. The predicted octanol–water partition coefficient (Wildman–Crippen LogP) is 1.59. The normalized spacial score (nSPS) is 13.1. The topological polar surface area (TPSA) is 72.9 Å². The van der Waals surface area contributed by atoms with Crippen LogP contribution in [0.25, 0.3) is 0 Å². The van der Waals surface area contributed by atoms with E-state index in [0.29, 0.717) is 6.42 Å². The summed E-state index contributed by atoms with van der Waals surface area (Å²) in [6.45, 7) is 1.92. The van der Waals surface area contributed by atoms with Gasteiger partial charge in [0, 0.05) is 18.8 Å². The van der Waals surface area contributed by atoms with Crippen molar-refractivity contribution >= 4 is 18.3 Å². The van der Waals surface area contributed by atoms with Gasteiger partial charge in [0.05, 0.1) is 18.3 Å². The van der Waals surface area contributed by atoms with Crippen molar-refractivity contribution in [1.82, 2.24) is 15.1 Å². The first-order valence-corrected chi connectivity index (χ1v) is 6.64. The highest BCUT2D eigenvalue weighted by Gasteiger charge is 2.17. The number of hydrogen-bond donors (Lipinski definition) is 2. The van der Waals surface area contributed by atoms with Gasteiger partial charge in [-0.1, -0.05) is 30.3 Å². The number of aromatic nitrogens is 2. The van der Waals surface area contributed by atoms with Crippen molar-refractivity contribution in [3.8, 4) is 0 Å². The molecule has 0 saturated heterocycles. The van der Waals surface area contributed by atoms with Crippen molar-refractivity contribution in [2.24, 2.45) is 12.8 Å². The summed E-state index contributed by atoms with van der Waals surface area (Å²) in [7, 11) is 1.85. The molecule has 6 heteroatoms. The highest BCUT2D eigenvalue weighted by molar-refractivity contribution is 5.85. The maximum Gasteiger partial charge on any atom is 0.237 e. The van der Waals surface area contributed by atoms with E-state index in [-0.39, 0.29) is 24.4 Å². The van der Waals surface area contributed by atoms with Crippen LogP contribution < -0.4 is 11.1 Å². The molecule has 3 N–H and O–H groups in total. The standard InChI is InChI=1S/C15H20N4O.ClH/c1-11(13-9-17-19(2)10-13)18-15(20)14(16)8-12-6-4-3-5-7-12;/h3-7,9-11,14H,8,16H2,1-2H3,(H,18,20);1H/t11?,14-;/m0./s1. The Balaban J connectivity index is 0.00000220. The number of amides is 1. The first-order valence-electron chi connectivity index (χ1n) is 6.64. The van der Waals surface area contributed by atoms with E-state index in [2.05, 4.69) is 10.4 Å². The molecule has 1 aromatic carbocycles. The lowest BCUT2D eigenvalue weighted by Crippen LogP contribution is -2.42. The van der Waals surface area contributed by atoms with Crippen LogP contribution in [0, 0.1) is 0 Å². The molecule has 2 aromatic rings. The summed E-state index contributed by atoms with van der Waals surface area (Å²) in [5.74, 6) is -0.148. The first kappa shape index (κ1) is 17.2. The fraction of sp³-hybridized carbons (Fsp3) is 0.333. The molecule has 0 fully saturated rings. The summed E-state index contributed by atoms with van der Waals surface area (Å²) in [5.41, 5.74) is 7.97. The molecule has 1 aromatic heterocycles. The molecule has 0 aliphatic heterocycles. The molecule has 5 nitrogen and oxygen atoms in total. The quantitative estimate of drug-likeness (QED) is 0.881. The third-order valence-corrected chi connectivity index (χ3v) is 3.22. The SMILES string of the molecule is CC(NC(=O)[C@@H](N)Cc1ccccc1)c1cnn(C)c1.Cl. The van der Waals surface area contributed by atoms with Gasteiger partial charge >= 0.3 is 0 Å². The Morgan fingerprint density at radius 2 is 2.05 bits per heavy atom. The number of carbonyl (C=O) groups excluding carboxylic acids is 1. The molecular weight excluding hydrogens is 288 g/mol. The Bertz CT molecular complexity index is 570. The Morgan fingerprint density at radius 3 is 2.62 bits per heavy atom. The van der Waals surface area contributed by atoms with E-state index in [1.807, 2.05) is 50.5 Å². The Morgan fingerprint density at radius 1 is 1.38 bits per heavy atom. The van der Waals surface area contributed by atoms with E-state index < -0.39 is 6.04 Å². The van der Waals surface area contributed by atoms with Crippen molar-refractivity contribution in [2.75, 3.05) is 0 Å². The molecule has 0 aliphatic rings. The molecule has 0 aliphatic carbocycles. The van der Waals surface area contributed by atoms with Crippen LogP contribution in [-0.2, 0) is 18.3 Å². The second kappa shape index (κ2) is 7.81. The Labute approximate surface area is 130 Å².